The highest BCUT2D eigenvalue weighted by atomic mass is 32.1. The van der Waals surface area contributed by atoms with Gasteiger partial charge in [-0.05, 0) is 38.8 Å². The fourth-order valence-electron chi connectivity index (χ4n) is 4.01. The maximum Gasteiger partial charge on any atom is 0.266 e. The van der Waals surface area contributed by atoms with Crippen LogP contribution in [0.1, 0.15) is 14.7 Å². The topological polar surface area (TPSA) is 36.4 Å². The van der Waals surface area contributed by atoms with E-state index >= 15 is 0 Å². The van der Waals surface area contributed by atoms with E-state index in [4.69, 9.17) is 0 Å². The van der Waals surface area contributed by atoms with Crippen molar-refractivity contribution in [1.82, 2.24) is 14.8 Å². The fraction of sp³-hybridized carbons (Fsp3) is 0.474. The van der Waals surface area contributed by atoms with E-state index < -0.39 is 0 Å². The highest BCUT2D eigenvalue weighted by Crippen LogP contribution is 2.52. The molecule has 1 aliphatic heterocycles. The standard InChI is InChI=1S/C19H23N3OS/c1-12-20-17(13-7-5-4-6-8-13)18(24-12)19(23)22-10-15-14(9-21(2)3)16(15)11-22/h4-8,14-16H,9-11H2,1-3H3/t14?,15-,16+. The Morgan fingerprint density at radius 1 is 1.25 bits per heavy atom. The first-order valence-electron chi connectivity index (χ1n) is 8.51. The highest BCUT2D eigenvalue weighted by Gasteiger charge is 2.56. The molecule has 126 valence electrons. The average molecular weight is 341 g/mol. The lowest BCUT2D eigenvalue weighted by Crippen LogP contribution is -2.32. The summed E-state index contributed by atoms with van der Waals surface area (Å²) in [6.45, 7) is 4.94. The zero-order chi connectivity index (χ0) is 16.8. The van der Waals surface area contributed by atoms with E-state index in [-0.39, 0.29) is 5.91 Å². The number of carbonyl (C=O) groups is 1. The summed E-state index contributed by atoms with van der Waals surface area (Å²) in [5.41, 5.74) is 1.87. The summed E-state index contributed by atoms with van der Waals surface area (Å²) < 4.78 is 0. The van der Waals surface area contributed by atoms with Gasteiger partial charge in [0, 0.05) is 25.2 Å². The number of likely N-dealkylation sites (tertiary alicyclic amines) is 1. The zero-order valence-electron chi connectivity index (χ0n) is 14.4. The third-order valence-electron chi connectivity index (χ3n) is 5.21. The number of piperidine rings is 1. The van der Waals surface area contributed by atoms with Gasteiger partial charge in [-0.25, -0.2) is 4.98 Å². The van der Waals surface area contributed by atoms with Gasteiger partial charge in [-0.2, -0.15) is 0 Å². The Labute approximate surface area is 147 Å². The lowest BCUT2D eigenvalue weighted by atomic mass is 10.1. The summed E-state index contributed by atoms with van der Waals surface area (Å²) in [5, 5.41) is 0.951. The Kier molecular flexibility index (Phi) is 3.93. The Balaban J connectivity index is 1.51. The van der Waals surface area contributed by atoms with Gasteiger partial charge in [-0.3, -0.25) is 4.79 Å². The molecule has 2 aliphatic rings. The van der Waals surface area contributed by atoms with Crippen LogP contribution < -0.4 is 0 Å². The summed E-state index contributed by atoms with van der Waals surface area (Å²) in [5.74, 6) is 2.34. The molecule has 4 nitrogen and oxygen atoms in total. The van der Waals surface area contributed by atoms with Crippen molar-refractivity contribution in [2.45, 2.75) is 6.92 Å². The SMILES string of the molecule is Cc1nc(-c2ccccc2)c(C(=O)N2C[C@@H]3C(CN(C)C)[C@@H]3C2)s1. The molecule has 2 aromatic rings. The molecule has 4 rings (SSSR count). The van der Waals surface area contributed by atoms with E-state index in [0.29, 0.717) is 11.8 Å². The smallest absolute Gasteiger partial charge is 0.266 e. The van der Waals surface area contributed by atoms with Gasteiger partial charge in [-0.1, -0.05) is 30.3 Å². The summed E-state index contributed by atoms with van der Waals surface area (Å²) in [6, 6.07) is 10.0. The number of rotatable bonds is 4. The van der Waals surface area contributed by atoms with Crippen molar-refractivity contribution in [3.05, 3.63) is 40.2 Å². The number of carbonyl (C=O) groups excluding carboxylic acids is 1. The fourth-order valence-corrected chi connectivity index (χ4v) is 4.92. The van der Waals surface area contributed by atoms with Crippen LogP contribution in [0, 0.1) is 24.7 Å². The van der Waals surface area contributed by atoms with Gasteiger partial charge in [0.05, 0.1) is 10.7 Å². The Morgan fingerprint density at radius 2 is 1.92 bits per heavy atom. The second-order valence-corrected chi connectivity index (χ2v) is 8.44. The largest absolute Gasteiger partial charge is 0.337 e. The number of fused-ring (bicyclic) bond motifs is 1. The van der Waals surface area contributed by atoms with Crippen LogP contribution in [-0.4, -0.2) is 54.4 Å². The maximum atomic E-state index is 13.0. The molecule has 2 fully saturated rings. The van der Waals surface area contributed by atoms with Crippen molar-refractivity contribution in [3.8, 4) is 11.3 Å². The molecule has 0 bridgehead atoms. The van der Waals surface area contributed by atoms with Gasteiger partial charge in [0.2, 0.25) is 0 Å². The average Bonchev–Trinajstić information content (AvgIpc) is 2.95. The van der Waals surface area contributed by atoms with Gasteiger partial charge in [0.1, 0.15) is 4.88 Å². The molecule has 0 radical (unpaired) electrons. The summed E-state index contributed by atoms with van der Waals surface area (Å²) in [6.07, 6.45) is 0. The van der Waals surface area contributed by atoms with E-state index in [0.717, 1.165) is 46.7 Å². The molecule has 0 spiro atoms. The third kappa shape index (κ3) is 2.76. The van der Waals surface area contributed by atoms with Crippen LogP contribution in [0.5, 0.6) is 0 Å². The maximum absolute atomic E-state index is 13.0. The van der Waals surface area contributed by atoms with Crippen LogP contribution in [0.25, 0.3) is 11.3 Å². The van der Waals surface area contributed by atoms with E-state index in [1.165, 1.54) is 11.3 Å². The van der Waals surface area contributed by atoms with Crippen molar-refractivity contribution in [2.24, 2.45) is 17.8 Å². The van der Waals surface area contributed by atoms with E-state index in [1.54, 1.807) is 0 Å². The van der Waals surface area contributed by atoms with Crippen LogP contribution >= 0.6 is 11.3 Å². The normalized spacial score (nSPS) is 25.2. The lowest BCUT2D eigenvalue weighted by molar-refractivity contribution is 0.0770. The third-order valence-corrected chi connectivity index (χ3v) is 6.17. The van der Waals surface area contributed by atoms with Crippen molar-refractivity contribution in [1.29, 1.82) is 0 Å². The molecular formula is C19H23N3OS. The number of hydrogen-bond donors (Lipinski definition) is 0. The summed E-state index contributed by atoms with van der Waals surface area (Å²) in [7, 11) is 4.26. The van der Waals surface area contributed by atoms with Gasteiger partial charge in [0.25, 0.3) is 5.91 Å². The molecule has 1 unspecified atom stereocenters. The van der Waals surface area contributed by atoms with Crippen molar-refractivity contribution >= 4 is 17.2 Å². The first-order chi connectivity index (χ1) is 11.5. The van der Waals surface area contributed by atoms with Crippen LogP contribution in [0.4, 0.5) is 0 Å². The molecule has 24 heavy (non-hydrogen) atoms. The quantitative estimate of drug-likeness (QED) is 0.858. The molecule has 1 amide bonds. The molecule has 1 saturated heterocycles. The summed E-state index contributed by atoms with van der Waals surface area (Å²) >= 11 is 1.52. The van der Waals surface area contributed by atoms with Crippen LogP contribution in [0.3, 0.4) is 0 Å². The Hall–Kier alpha value is -1.72. The second-order valence-electron chi connectivity index (χ2n) is 7.24. The van der Waals surface area contributed by atoms with Crippen molar-refractivity contribution in [2.75, 3.05) is 33.7 Å². The van der Waals surface area contributed by atoms with Crippen LogP contribution in [0.2, 0.25) is 0 Å². The minimum Gasteiger partial charge on any atom is -0.337 e. The number of amides is 1. The molecule has 1 saturated carbocycles. The predicted octanol–water partition coefficient (Wildman–Crippen LogP) is 3.00. The van der Waals surface area contributed by atoms with E-state index in [1.807, 2.05) is 42.2 Å². The molecule has 1 aromatic carbocycles. The number of thiazole rings is 1. The number of aryl methyl sites for hydroxylation is 1. The molecule has 5 heteroatoms. The van der Waals surface area contributed by atoms with Crippen molar-refractivity contribution in [3.63, 3.8) is 0 Å². The minimum atomic E-state index is 0.162. The van der Waals surface area contributed by atoms with Gasteiger partial charge in [0.15, 0.2) is 0 Å². The molecule has 0 N–H and O–H groups in total. The van der Waals surface area contributed by atoms with Crippen molar-refractivity contribution < 1.29 is 4.79 Å². The number of hydrogen-bond acceptors (Lipinski definition) is 4. The second kappa shape index (κ2) is 5.97. The highest BCUT2D eigenvalue weighted by molar-refractivity contribution is 7.14. The number of benzene rings is 1. The number of aromatic nitrogens is 1. The molecule has 1 aliphatic carbocycles. The van der Waals surface area contributed by atoms with Gasteiger partial charge in [-0.15, -0.1) is 11.3 Å². The Bertz CT molecular complexity index is 743. The molecule has 3 atom stereocenters. The summed E-state index contributed by atoms with van der Waals surface area (Å²) in [4.78, 5) is 22.8. The Morgan fingerprint density at radius 3 is 2.54 bits per heavy atom. The van der Waals surface area contributed by atoms with E-state index in [9.17, 15) is 4.79 Å². The van der Waals surface area contributed by atoms with Crippen LogP contribution in [-0.2, 0) is 0 Å². The first-order valence-corrected chi connectivity index (χ1v) is 9.33. The monoisotopic (exact) mass is 341 g/mol. The molecule has 1 aromatic heterocycles. The number of nitrogens with zero attached hydrogens (tertiary/aromatic N) is 3. The molecular weight excluding hydrogens is 318 g/mol. The van der Waals surface area contributed by atoms with E-state index in [2.05, 4.69) is 24.0 Å². The van der Waals surface area contributed by atoms with Gasteiger partial charge < -0.3 is 9.80 Å². The predicted molar refractivity (Wildman–Crippen MR) is 97.2 cm³/mol. The molecule has 2 heterocycles. The lowest BCUT2D eigenvalue weighted by Gasteiger charge is -2.20. The zero-order valence-corrected chi connectivity index (χ0v) is 15.2. The first kappa shape index (κ1) is 15.8. The van der Waals surface area contributed by atoms with Crippen LogP contribution in [0.15, 0.2) is 30.3 Å². The minimum absolute atomic E-state index is 0.162. The van der Waals surface area contributed by atoms with Gasteiger partial charge >= 0.3 is 0 Å².